The van der Waals surface area contributed by atoms with Crippen LogP contribution >= 0.6 is 0 Å². The summed E-state index contributed by atoms with van der Waals surface area (Å²) in [4.78, 5) is 16.2. The van der Waals surface area contributed by atoms with Gasteiger partial charge in [-0.1, -0.05) is 6.07 Å². The van der Waals surface area contributed by atoms with Gasteiger partial charge >= 0.3 is 0 Å². The molecule has 0 bridgehead atoms. The van der Waals surface area contributed by atoms with Crippen LogP contribution in [0.15, 0.2) is 59.1 Å². The highest BCUT2D eigenvalue weighted by Crippen LogP contribution is 2.16. The smallest absolute Gasteiger partial charge is 0.292 e. The molecule has 24 heavy (non-hydrogen) atoms. The van der Waals surface area contributed by atoms with E-state index in [0.717, 1.165) is 5.56 Å². The summed E-state index contributed by atoms with van der Waals surface area (Å²) in [6.07, 6.45) is 1.67. The third-order valence-electron chi connectivity index (χ3n) is 3.23. The average molecular weight is 326 g/mol. The average Bonchev–Trinajstić information content (AvgIpc) is 3.06. The molecule has 2 aromatic heterocycles. The van der Waals surface area contributed by atoms with Crippen LogP contribution in [0, 0.1) is 12.7 Å². The van der Waals surface area contributed by atoms with Gasteiger partial charge in [0, 0.05) is 6.20 Å². The fourth-order valence-corrected chi connectivity index (χ4v) is 1.98. The number of halogens is 1. The van der Waals surface area contributed by atoms with E-state index in [9.17, 15) is 9.18 Å². The van der Waals surface area contributed by atoms with Gasteiger partial charge < -0.3 is 14.5 Å². The third-order valence-corrected chi connectivity index (χ3v) is 3.23. The lowest BCUT2D eigenvalue weighted by Crippen LogP contribution is -2.11. The van der Waals surface area contributed by atoms with E-state index in [0.29, 0.717) is 17.3 Å². The fourth-order valence-electron chi connectivity index (χ4n) is 1.98. The topological polar surface area (TPSA) is 64.4 Å². The minimum Gasteiger partial charge on any atom is -0.486 e. The first-order valence-electron chi connectivity index (χ1n) is 7.31. The van der Waals surface area contributed by atoms with E-state index in [1.807, 2.05) is 13.0 Å². The molecule has 0 unspecified atom stereocenters. The molecule has 0 atom stereocenters. The van der Waals surface area contributed by atoms with Crippen molar-refractivity contribution < 1.29 is 18.3 Å². The highest BCUT2D eigenvalue weighted by atomic mass is 19.1. The highest BCUT2D eigenvalue weighted by molar-refractivity contribution is 6.01. The molecule has 122 valence electrons. The van der Waals surface area contributed by atoms with Crippen LogP contribution in [0.2, 0.25) is 0 Å². The Bertz CT molecular complexity index is 826. The van der Waals surface area contributed by atoms with Gasteiger partial charge in [-0.25, -0.2) is 9.37 Å². The normalized spacial score (nSPS) is 10.4. The molecular weight excluding hydrogens is 311 g/mol. The van der Waals surface area contributed by atoms with E-state index in [-0.39, 0.29) is 24.1 Å². The Morgan fingerprint density at radius 3 is 2.67 bits per heavy atom. The summed E-state index contributed by atoms with van der Waals surface area (Å²) in [5.74, 6) is 0.897. The summed E-state index contributed by atoms with van der Waals surface area (Å²) in [5.41, 5.74) is 1.01. The molecule has 0 spiro atoms. The number of pyridine rings is 1. The standard InChI is InChI=1S/C18H15FN2O3/c1-12-2-9-17(20-10-12)21-18(22)16-8-7-15(24-16)11-23-14-5-3-13(19)4-6-14/h2-10H,11H2,1H3,(H,20,21,22). The summed E-state index contributed by atoms with van der Waals surface area (Å²) in [6, 6.07) is 12.5. The van der Waals surface area contributed by atoms with Gasteiger partial charge in [0.05, 0.1) is 0 Å². The largest absolute Gasteiger partial charge is 0.486 e. The van der Waals surface area contributed by atoms with Crippen molar-refractivity contribution in [3.05, 3.63) is 77.6 Å². The summed E-state index contributed by atoms with van der Waals surface area (Å²) >= 11 is 0. The molecule has 1 amide bonds. The molecule has 0 aliphatic carbocycles. The van der Waals surface area contributed by atoms with Crippen LogP contribution in [0.25, 0.3) is 0 Å². The molecule has 1 aromatic carbocycles. The number of nitrogens with zero attached hydrogens (tertiary/aromatic N) is 1. The first-order valence-corrected chi connectivity index (χ1v) is 7.31. The van der Waals surface area contributed by atoms with Crippen molar-refractivity contribution in [3.8, 4) is 5.75 Å². The van der Waals surface area contributed by atoms with E-state index in [2.05, 4.69) is 10.3 Å². The summed E-state index contributed by atoms with van der Waals surface area (Å²) in [5, 5.41) is 2.65. The molecule has 2 heterocycles. The molecule has 0 aliphatic heterocycles. The van der Waals surface area contributed by atoms with Gasteiger partial charge in [0.15, 0.2) is 5.76 Å². The third kappa shape index (κ3) is 3.98. The lowest BCUT2D eigenvalue weighted by molar-refractivity contribution is 0.0992. The Kier molecular flexibility index (Phi) is 4.56. The van der Waals surface area contributed by atoms with Crippen LogP contribution in [0.3, 0.4) is 0 Å². The van der Waals surface area contributed by atoms with E-state index < -0.39 is 0 Å². The molecule has 3 aromatic rings. The molecule has 3 rings (SSSR count). The maximum Gasteiger partial charge on any atom is 0.292 e. The van der Waals surface area contributed by atoms with E-state index in [4.69, 9.17) is 9.15 Å². The number of benzene rings is 1. The second-order valence-corrected chi connectivity index (χ2v) is 5.18. The Balaban J connectivity index is 1.59. The van der Waals surface area contributed by atoms with Gasteiger partial charge in [0.1, 0.15) is 29.8 Å². The molecule has 5 nitrogen and oxygen atoms in total. The van der Waals surface area contributed by atoms with Crippen molar-refractivity contribution in [1.29, 1.82) is 0 Å². The number of amides is 1. The zero-order valence-corrected chi connectivity index (χ0v) is 13.0. The first kappa shape index (κ1) is 15.7. The fraction of sp³-hybridized carbons (Fsp3) is 0.111. The van der Waals surface area contributed by atoms with Gasteiger partial charge in [-0.15, -0.1) is 0 Å². The second kappa shape index (κ2) is 6.95. The van der Waals surface area contributed by atoms with Gasteiger partial charge in [0.2, 0.25) is 0 Å². The summed E-state index contributed by atoms with van der Waals surface area (Å²) < 4.78 is 23.7. The van der Waals surface area contributed by atoms with E-state index in [1.54, 1.807) is 24.4 Å². The minimum absolute atomic E-state index is 0.141. The molecule has 1 N–H and O–H groups in total. The quantitative estimate of drug-likeness (QED) is 0.771. The number of hydrogen-bond donors (Lipinski definition) is 1. The first-order chi connectivity index (χ1) is 11.6. The van der Waals surface area contributed by atoms with Crippen molar-refractivity contribution >= 4 is 11.7 Å². The SMILES string of the molecule is Cc1ccc(NC(=O)c2ccc(COc3ccc(F)cc3)o2)nc1. The van der Waals surface area contributed by atoms with Crippen LogP contribution in [-0.2, 0) is 6.61 Å². The molecule has 0 saturated heterocycles. The van der Waals surface area contributed by atoms with Gasteiger partial charge in [-0.3, -0.25) is 4.79 Å². The van der Waals surface area contributed by atoms with Crippen LogP contribution in [-0.4, -0.2) is 10.9 Å². The van der Waals surface area contributed by atoms with Crippen LogP contribution in [0.4, 0.5) is 10.2 Å². The predicted octanol–water partition coefficient (Wildman–Crippen LogP) is 3.95. The maximum atomic E-state index is 12.8. The van der Waals surface area contributed by atoms with Crippen molar-refractivity contribution in [3.63, 3.8) is 0 Å². The monoisotopic (exact) mass is 326 g/mol. The van der Waals surface area contributed by atoms with Crippen LogP contribution in [0.5, 0.6) is 5.75 Å². The van der Waals surface area contributed by atoms with Crippen molar-refractivity contribution in [1.82, 2.24) is 4.98 Å². The maximum absolute atomic E-state index is 12.8. The number of ether oxygens (including phenoxy) is 1. The second-order valence-electron chi connectivity index (χ2n) is 5.18. The van der Waals surface area contributed by atoms with Crippen molar-refractivity contribution in [2.45, 2.75) is 13.5 Å². The summed E-state index contributed by atoms with van der Waals surface area (Å²) in [6.45, 7) is 2.06. The zero-order chi connectivity index (χ0) is 16.9. The van der Waals surface area contributed by atoms with Gasteiger partial charge in [-0.05, 0) is 55.0 Å². The number of aryl methyl sites for hydroxylation is 1. The number of carbonyl (C=O) groups is 1. The molecule has 0 radical (unpaired) electrons. The Morgan fingerprint density at radius 2 is 1.96 bits per heavy atom. The lowest BCUT2D eigenvalue weighted by Gasteiger charge is -2.04. The Labute approximate surface area is 138 Å². The number of carbonyl (C=O) groups excluding carboxylic acids is 1. The zero-order valence-electron chi connectivity index (χ0n) is 13.0. The molecule has 0 aliphatic rings. The van der Waals surface area contributed by atoms with Gasteiger partial charge in [-0.2, -0.15) is 0 Å². The molecular formula is C18H15FN2O3. The highest BCUT2D eigenvalue weighted by Gasteiger charge is 2.12. The number of hydrogen-bond acceptors (Lipinski definition) is 4. The van der Waals surface area contributed by atoms with Crippen LogP contribution < -0.4 is 10.1 Å². The predicted molar refractivity (Wildman–Crippen MR) is 86.4 cm³/mol. The van der Waals surface area contributed by atoms with E-state index >= 15 is 0 Å². The lowest BCUT2D eigenvalue weighted by atomic mass is 10.3. The molecule has 0 fully saturated rings. The van der Waals surface area contributed by atoms with Crippen molar-refractivity contribution in [2.75, 3.05) is 5.32 Å². The number of nitrogens with one attached hydrogen (secondary N) is 1. The Hall–Kier alpha value is -3.15. The minimum atomic E-state index is -0.389. The number of rotatable bonds is 5. The molecule has 6 heteroatoms. The summed E-state index contributed by atoms with van der Waals surface area (Å²) in [7, 11) is 0. The van der Waals surface area contributed by atoms with Gasteiger partial charge in [0.25, 0.3) is 5.91 Å². The van der Waals surface area contributed by atoms with Crippen LogP contribution in [0.1, 0.15) is 21.9 Å². The number of anilines is 1. The number of aromatic nitrogens is 1. The van der Waals surface area contributed by atoms with E-state index in [1.165, 1.54) is 24.3 Å². The molecule has 0 saturated carbocycles. The Morgan fingerprint density at radius 1 is 1.17 bits per heavy atom. The number of furan rings is 1. The van der Waals surface area contributed by atoms with Crippen molar-refractivity contribution in [2.24, 2.45) is 0 Å².